The maximum Gasteiger partial charge on any atom is 0.231 e. The monoisotopic (exact) mass is 275 g/mol. The highest BCUT2D eigenvalue weighted by atomic mass is 19.1. The molecule has 104 valence electrons. The van der Waals surface area contributed by atoms with Crippen molar-refractivity contribution in [1.82, 2.24) is 0 Å². The minimum atomic E-state index is -0.296. The summed E-state index contributed by atoms with van der Waals surface area (Å²) in [6.07, 6.45) is 0. The molecule has 0 bridgehead atoms. The van der Waals surface area contributed by atoms with Gasteiger partial charge in [0.25, 0.3) is 0 Å². The number of aromatic hydroxyl groups is 1. The molecular formula is C15H14FNO3. The van der Waals surface area contributed by atoms with Crippen molar-refractivity contribution in [3.8, 4) is 17.2 Å². The number of halogens is 1. The zero-order valence-electron chi connectivity index (χ0n) is 11.0. The first-order chi connectivity index (χ1) is 9.65. The fourth-order valence-electron chi connectivity index (χ4n) is 2.20. The molecule has 3 rings (SSSR count). The van der Waals surface area contributed by atoms with Crippen LogP contribution in [0.2, 0.25) is 0 Å². The number of benzene rings is 2. The van der Waals surface area contributed by atoms with Crippen molar-refractivity contribution in [3.05, 3.63) is 47.8 Å². The molecule has 0 unspecified atom stereocenters. The van der Waals surface area contributed by atoms with Crippen molar-refractivity contribution in [2.45, 2.75) is 6.54 Å². The van der Waals surface area contributed by atoms with E-state index in [1.54, 1.807) is 36.2 Å². The summed E-state index contributed by atoms with van der Waals surface area (Å²) in [5.41, 5.74) is 1.13. The smallest absolute Gasteiger partial charge is 0.231 e. The van der Waals surface area contributed by atoms with E-state index in [1.807, 2.05) is 0 Å². The predicted molar refractivity (Wildman–Crippen MR) is 72.7 cm³/mol. The summed E-state index contributed by atoms with van der Waals surface area (Å²) in [5.74, 6) is 0.937. The molecule has 0 fully saturated rings. The summed E-state index contributed by atoms with van der Waals surface area (Å²) in [7, 11) is 1.77. The lowest BCUT2D eigenvalue weighted by molar-refractivity contribution is 0.174. The Hall–Kier alpha value is -2.43. The average Bonchev–Trinajstić information content (AvgIpc) is 2.86. The van der Waals surface area contributed by atoms with Gasteiger partial charge >= 0.3 is 0 Å². The van der Waals surface area contributed by atoms with E-state index in [-0.39, 0.29) is 18.4 Å². The molecule has 1 N–H and O–H groups in total. The summed E-state index contributed by atoms with van der Waals surface area (Å²) in [6, 6.07) is 9.76. The van der Waals surface area contributed by atoms with Crippen molar-refractivity contribution in [2.75, 3.05) is 18.7 Å². The molecule has 0 aromatic heterocycles. The third kappa shape index (κ3) is 2.22. The molecule has 0 radical (unpaired) electrons. The molecule has 5 heteroatoms. The van der Waals surface area contributed by atoms with Crippen LogP contribution in [0.5, 0.6) is 17.2 Å². The molecule has 0 aliphatic carbocycles. The summed E-state index contributed by atoms with van der Waals surface area (Å²) < 4.78 is 24.2. The molecule has 0 spiro atoms. The first-order valence-corrected chi connectivity index (χ1v) is 6.22. The maximum absolute atomic E-state index is 13.7. The van der Waals surface area contributed by atoms with Crippen molar-refractivity contribution in [1.29, 1.82) is 0 Å². The van der Waals surface area contributed by atoms with Crippen molar-refractivity contribution in [3.63, 3.8) is 0 Å². The number of para-hydroxylation sites is 1. The van der Waals surface area contributed by atoms with Crippen LogP contribution in [0.1, 0.15) is 5.56 Å². The Kier molecular flexibility index (Phi) is 3.10. The number of nitrogens with zero attached hydrogens (tertiary/aromatic N) is 1. The van der Waals surface area contributed by atoms with Crippen LogP contribution in [0, 0.1) is 5.82 Å². The van der Waals surface area contributed by atoms with Gasteiger partial charge in [-0.3, -0.25) is 0 Å². The van der Waals surface area contributed by atoms with Gasteiger partial charge in [-0.05, 0) is 18.2 Å². The van der Waals surface area contributed by atoms with E-state index in [0.717, 1.165) is 0 Å². The molecular weight excluding hydrogens is 261 g/mol. The van der Waals surface area contributed by atoms with Crippen LogP contribution in [-0.4, -0.2) is 18.9 Å². The standard InChI is InChI=1S/C15H14FNO3/c1-17(12-5-3-2-4-11(12)16)8-10-6-14-15(7-13(10)18)20-9-19-14/h2-7,18H,8-9H2,1H3. The Labute approximate surface area is 116 Å². The molecule has 0 amide bonds. The molecule has 20 heavy (non-hydrogen) atoms. The Morgan fingerprint density at radius 2 is 1.90 bits per heavy atom. The largest absolute Gasteiger partial charge is 0.507 e. The number of phenolic OH excluding ortho intramolecular Hbond substituents is 1. The topological polar surface area (TPSA) is 41.9 Å². The lowest BCUT2D eigenvalue weighted by Crippen LogP contribution is -2.17. The molecule has 1 aliphatic heterocycles. The Morgan fingerprint density at radius 1 is 1.20 bits per heavy atom. The van der Waals surface area contributed by atoms with Crippen LogP contribution in [0.3, 0.4) is 0 Å². The van der Waals surface area contributed by atoms with Gasteiger partial charge in [-0.2, -0.15) is 0 Å². The summed E-state index contributed by atoms with van der Waals surface area (Å²) >= 11 is 0. The molecule has 0 atom stereocenters. The van der Waals surface area contributed by atoms with Gasteiger partial charge in [0.1, 0.15) is 11.6 Å². The van der Waals surface area contributed by atoms with Crippen LogP contribution in [-0.2, 0) is 6.54 Å². The van der Waals surface area contributed by atoms with Crippen LogP contribution in [0.25, 0.3) is 0 Å². The first-order valence-electron chi connectivity index (χ1n) is 6.22. The third-order valence-corrected chi connectivity index (χ3v) is 3.25. The highest BCUT2D eigenvalue weighted by molar-refractivity contribution is 5.54. The van der Waals surface area contributed by atoms with Gasteiger partial charge in [0, 0.05) is 25.2 Å². The summed E-state index contributed by atoms with van der Waals surface area (Å²) in [4.78, 5) is 1.73. The maximum atomic E-state index is 13.7. The number of fused-ring (bicyclic) bond motifs is 1. The van der Waals surface area contributed by atoms with E-state index in [0.29, 0.717) is 29.3 Å². The van der Waals surface area contributed by atoms with Gasteiger partial charge in [-0.1, -0.05) is 12.1 Å². The van der Waals surface area contributed by atoms with Crippen LogP contribution in [0.4, 0.5) is 10.1 Å². The van der Waals surface area contributed by atoms with Gasteiger partial charge in [0.2, 0.25) is 6.79 Å². The fourth-order valence-corrected chi connectivity index (χ4v) is 2.20. The van der Waals surface area contributed by atoms with E-state index in [2.05, 4.69) is 0 Å². The van der Waals surface area contributed by atoms with Gasteiger partial charge < -0.3 is 19.5 Å². The van der Waals surface area contributed by atoms with Crippen LogP contribution >= 0.6 is 0 Å². The predicted octanol–water partition coefficient (Wildman–Crippen LogP) is 2.90. The van der Waals surface area contributed by atoms with Gasteiger partial charge in [-0.15, -0.1) is 0 Å². The minimum absolute atomic E-state index is 0.109. The van der Waals surface area contributed by atoms with Crippen LogP contribution in [0.15, 0.2) is 36.4 Å². The molecule has 4 nitrogen and oxygen atoms in total. The molecule has 1 heterocycles. The molecule has 0 saturated heterocycles. The Bertz CT molecular complexity index is 645. The number of hydrogen-bond acceptors (Lipinski definition) is 4. The average molecular weight is 275 g/mol. The summed E-state index contributed by atoms with van der Waals surface area (Å²) in [6.45, 7) is 0.519. The van der Waals surface area contributed by atoms with Crippen molar-refractivity contribution >= 4 is 5.69 Å². The van der Waals surface area contributed by atoms with E-state index in [4.69, 9.17) is 9.47 Å². The van der Waals surface area contributed by atoms with Gasteiger partial charge in [-0.25, -0.2) is 4.39 Å². The number of phenols is 1. The Balaban J connectivity index is 1.86. The third-order valence-electron chi connectivity index (χ3n) is 3.25. The number of anilines is 1. The van der Waals surface area contributed by atoms with Crippen molar-refractivity contribution < 1.29 is 19.0 Å². The number of rotatable bonds is 3. The van der Waals surface area contributed by atoms with E-state index in [1.165, 1.54) is 12.1 Å². The lowest BCUT2D eigenvalue weighted by atomic mass is 10.1. The van der Waals surface area contributed by atoms with Gasteiger partial charge in [0.05, 0.1) is 5.69 Å². The molecule has 1 aliphatic rings. The molecule has 0 saturated carbocycles. The second-order valence-electron chi connectivity index (χ2n) is 4.64. The van der Waals surface area contributed by atoms with Gasteiger partial charge in [0.15, 0.2) is 11.5 Å². The highest BCUT2D eigenvalue weighted by Crippen LogP contribution is 2.38. The second kappa shape index (κ2) is 4.92. The molecule has 2 aromatic carbocycles. The lowest BCUT2D eigenvalue weighted by Gasteiger charge is -2.20. The van der Waals surface area contributed by atoms with Crippen LogP contribution < -0.4 is 14.4 Å². The SMILES string of the molecule is CN(Cc1cc2c(cc1O)OCO2)c1ccccc1F. The summed E-state index contributed by atoms with van der Waals surface area (Å²) in [5, 5.41) is 9.98. The van der Waals surface area contributed by atoms with E-state index < -0.39 is 0 Å². The van der Waals surface area contributed by atoms with E-state index in [9.17, 15) is 9.50 Å². The zero-order valence-corrected chi connectivity index (χ0v) is 11.0. The number of ether oxygens (including phenoxy) is 2. The first kappa shape index (κ1) is 12.6. The van der Waals surface area contributed by atoms with Crippen molar-refractivity contribution in [2.24, 2.45) is 0 Å². The van der Waals surface area contributed by atoms with E-state index >= 15 is 0 Å². The Morgan fingerprint density at radius 3 is 2.65 bits per heavy atom. The fraction of sp³-hybridized carbons (Fsp3) is 0.200. The zero-order chi connectivity index (χ0) is 14.1. The quantitative estimate of drug-likeness (QED) is 0.935. The number of hydrogen-bond donors (Lipinski definition) is 1. The molecule has 2 aromatic rings. The normalized spacial score (nSPS) is 12.5. The minimum Gasteiger partial charge on any atom is -0.507 e. The second-order valence-corrected chi connectivity index (χ2v) is 4.64. The highest BCUT2D eigenvalue weighted by Gasteiger charge is 2.18.